The number of aromatic amines is 1. The number of primary amides is 1. The largest absolute Gasteiger partial charge is 0.355 e. The summed E-state index contributed by atoms with van der Waals surface area (Å²) in [4.78, 5) is 44.1. The van der Waals surface area contributed by atoms with Gasteiger partial charge >= 0.3 is 6.03 Å². The van der Waals surface area contributed by atoms with Crippen LogP contribution < -0.4 is 16.6 Å². The van der Waals surface area contributed by atoms with Crippen LogP contribution in [0, 0.1) is 5.92 Å². The van der Waals surface area contributed by atoms with E-state index in [2.05, 4.69) is 15.3 Å². The Morgan fingerprint density at radius 2 is 2.16 bits per heavy atom. The van der Waals surface area contributed by atoms with E-state index >= 15 is 0 Å². The van der Waals surface area contributed by atoms with E-state index in [0.29, 0.717) is 42.8 Å². The smallest absolute Gasteiger partial charge is 0.314 e. The molecule has 1 saturated heterocycles. The van der Waals surface area contributed by atoms with Gasteiger partial charge in [0.25, 0.3) is 5.56 Å². The summed E-state index contributed by atoms with van der Waals surface area (Å²) in [6, 6.07) is 6.63. The molecule has 25 heavy (non-hydrogen) atoms. The minimum Gasteiger partial charge on any atom is -0.355 e. The Morgan fingerprint density at radius 1 is 1.36 bits per heavy atom. The highest BCUT2D eigenvalue weighted by molar-refractivity contribution is 5.80. The van der Waals surface area contributed by atoms with Crippen molar-refractivity contribution >= 4 is 22.8 Å². The number of H-pyrrole nitrogens is 1. The van der Waals surface area contributed by atoms with Crippen LogP contribution in [0.5, 0.6) is 0 Å². The van der Waals surface area contributed by atoms with Gasteiger partial charge in [0.15, 0.2) is 0 Å². The number of fused-ring (bicyclic) bond motifs is 1. The van der Waals surface area contributed by atoms with Crippen molar-refractivity contribution in [1.82, 2.24) is 20.2 Å². The second-order valence-corrected chi connectivity index (χ2v) is 6.19. The molecule has 0 unspecified atom stereocenters. The molecule has 0 saturated carbocycles. The average molecular weight is 343 g/mol. The fourth-order valence-corrected chi connectivity index (χ4v) is 3.09. The molecule has 2 heterocycles. The van der Waals surface area contributed by atoms with Crippen molar-refractivity contribution in [2.75, 3.05) is 19.6 Å². The van der Waals surface area contributed by atoms with Crippen molar-refractivity contribution < 1.29 is 9.59 Å². The SMILES string of the molecule is NC(=O)N1CCC[C@@H](C(=O)NCCc2nc3ccccc3c(=O)[nH]2)C1. The van der Waals surface area contributed by atoms with Gasteiger partial charge in [0.2, 0.25) is 5.91 Å². The first kappa shape index (κ1) is 16.9. The quantitative estimate of drug-likeness (QED) is 0.742. The molecule has 3 amide bonds. The van der Waals surface area contributed by atoms with E-state index in [-0.39, 0.29) is 17.4 Å². The number of nitrogens with one attached hydrogen (secondary N) is 2. The van der Waals surface area contributed by atoms with E-state index in [1.807, 2.05) is 6.07 Å². The first-order valence-electron chi connectivity index (χ1n) is 8.34. The molecule has 2 aromatic rings. The number of likely N-dealkylation sites (tertiary alicyclic amines) is 1. The zero-order chi connectivity index (χ0) is 17.8. The molecule has 132 valence electrons. The number of hydrogen-bond acceptors (Lipinski definition) is 4. The lowest BCUT2D eigenvalue weighted by molar-refractivity contribution is -0.126. The van der Waals surface area contributed by atoms with E-state index in [9.17, 15) is 14.4 Å². The van der Waals surface area contributed by atoms with E-state index in [1.165, 1.54) is 4.90 Å². The molecule has 1 aromatic heterocycles. The van der Waals surface area contributed by atoms with E-state index in [1.54, 1.807) is 18.2 Å². The number of piperidine rings is 1. The molecule has 1 aromatic carbocycles. The van der Waals surface area contributed by atoms with Crippen LogP contribution in [-0.4, -0.2) is 46.4 Å². The van der Waals surface area contributed by atoms with Crippen molar-refractivity contribution in [3.05, 3.63) is 40.4 Å². The summed E-state index contributed by atoms with van der Waals surface area (Å²) in [6.07, 6.45) is 1.93. The maximum Gasteiger partial charge on any atom is 0.314 e. The number of carbonyl (C=O) groups is 2. The lowest BCUT2D eigenvalue weighted by atomic mass is 9.97. The Kier molecular flexibility index (Phi) is 4.97. The number of rotatable bonds is 4. The van der Waals surface area contributed by atoms with E-state index < -0.39 is 6.03 Å². The topological polar surface area (TPSA) is 121 Å². The van der Waals surface area contributed by atoms with Gasteiger partial charge in [0, 0.05) is 26.1 Å². The van der Waals surface area contributed by atoms with E-state index in [4.69, 9.17) is 5.73 Å². The summed E-state index contributed by atoms with van der Waals surface area (Å²) in [6.45, 7) is 1.32. The maximum absolute atomic E-state index is 12.3. The third-order valence-corrected chi connectivity index (χ3v) is 4.43. The number of urea groups is 1. The first-order chi connectivity index (χ1) is 12.0. The maximum atomic E-state index is 12.3. The van der Waals surface area contributed by atoms with Crippen LogP contribution in [-0.2, 0) is 11.2 Å². The number of nitrogens with two attached hydrogens (primary N) is 1. The van der Waals surface area contributed by atoms with Gasteiger partial charge in [0.05, 0.1) is 16.8 Å². The molecule has 3 rings (SSSR count). The third-order valence-electron chi connectivity index (χ3n) is 4.43. The summed E-state index contributed by atoms with van der Waals surface area (Å²) in [5, 5.41) is 3.39. The molecular weight excluding hydrogens is 322 g/mol. The number of hydrogen-bond donors (Lipinski definition) is 3. The monoisotopic (exact) mass is 343 g/mol. The number of amides is 3. The van der Waals surface area contributed by atoms with Crippen LogP contribution in [0.15, 0.2) is 29.1 Å². The zero-order valence-electron chi connectivity index (χ0n) is 13.8. The number of nitrogens with zero attached hydrogens (tertiary/aromatic N) is 2. The van der Waals surface area contributed by atoms with Gasteiger partial charge in [0.1, 0.15) is 5.82 Å². The Balaban J connectivity index is 1.57. The van der Waals surface area contributed by atoms with Gasteiger partial charge in [-0.15, -0.1) is 0 Å². The molecule has 0 radical (unpaired) electrons. The summed E-state index contributed by atoms with van der Waals surface area (Å²) < 4.78 is 0. The Bertz CT molecular complexity index is 848. The molecule has 8 heteroatoms. The van der Waals surface area contributed by atoms with Crippen LogP contribution in [0.3, 0.4) is 0 Å². The predicted octanol–water partition coefficient (Wildman–Crippen LogP) is 0.372. The molecule has 0 aliphatic carbocycles. The first-order valence-corrected chi connectivity index (χ1v) is 8.34. The van der Waals surface area contributed by atoms with Crippen LogP contribution in [0.2, 0.25) is 0 Å². The van der Waals surface area contributed by atoms with Crippen LogP contribution >= 0.6 is 0 Å². The Morgan fingerprint density at radius 3 is 2.96 bits per heavy atom. The molecule has 0 bridgehead atoms. The van der Waals surface area contributed by atoms with Crippen molar-refractivity contribution in [3.8, 4) is 0 Å². The molecule has 0 spiro atoms. The van der Waals surface area contributed by atoms with Crippen LogP contribution in [0.25, 0.3) is 10.9 Å². The molecular formula is C17H21N5O3. The highest BCUT2D eigenvalue weighted by Gasteiger charge is 2.27. The van der Waals surface area contributed by atoms with Crippen molar-refractivity contribution in [1.29, 1.82) is 0 Å². The molecule has 1 fully saturated rings. The number of carbonyl (C=O) groups excluding carboxylic acids is 2. The normalized spacial score (nSPS) is 17.4. The predicted molar refractivity (Wildman–Crippen MR) is 93.0 cm³/mol. The van der Waals surface area contributed by atoms with E-state index in [0.717, 1.165) is 12.8 Å². The number of benzene rings is 1. The van der Waals surface area contributed by atoms with Gasteiger partial charge in [-0.1, -0.05) is 12.1 Å². The lowest BCUT2D eigenvalue weighted by Crippen LogP contribution is -2.47. The Labute approximate surface area is 144 Å². The van der Waals surface area contributed by atoms with Crippen molar-refractivity contribution in [3.63, 3.8) is 0 Å². The second-order valence-electron chi connectivity index (χ2n) is 6.19. The van der Waals surface area contributed by atoms with Crippen LogP contribution in [0.4, 0.5) is 4.79 Å². The fourth-order valence-electron chi connectivity index (χ4n) is 3.09. The summed E-state index contributed by atoms with van der Waals surface area (Å²) in [5.74, 6) is 0.186. The van der Waals surface area contributed by atoms with Gasteiger partial charge in [-0.25, -0.2) is 9.78 Å². The lowest BCUT2D eigenvalue weighted by Gasteiger charge is -2.30. The molecule has 8 nitrogen and oxygen atoms in total. The zero-order valence-corrected chi connectivity index (χ0v) is 13.8. The highest BCUT2D eigenvalue weighted by Crippen LogP contribution is 2.16. The third kappa shape index (κ3) is 3.96. The minimum absolute atomic E-state index is 0.103. The molecule has 4 N–H and O–H groups in total. The molecule has 1 aliphatic rings. The summed E-state index contributed by atoms with van der Waals surface area (Å²) in [5.41, 5.74) is 5.73. The van der Waals surface area contributed by atoms with Gasteiger partial charge in [-0.05, 0) is 25.0 Å². The fraction of sp³-hybridized carbons (Fsp3) is 0.412. The van der Waals surface area contributed by atoms with Gasteiger partial charge < -0.3 is 20.9 Å². The molecule has 1 atom stereocenters. The Hall–Kier alpha value is -2.90. The van der Waals surface area contributed by atoms with Crippen LogP contribution in [0.1, 0.15) is 18.7 Å². The second kappa shape index (κ2) is 7.33. The molecule has 1 aliphatic heterocycles. The van der Waals surface area contributed by atoms with Crippen molar-refractivity contribution in [2.24, 2.45) is 11.7 Å². The number of para-hydroxylation sites is 1. The summed E-state index contributed by atoms with van der Waals surface area (Å²) >= 11 is 0. The van der Waals surface area contributed by atoms with Crippen molar-refractivity contribution in [2.45, 2.75) is 19.3 Å². The highest BCUT2D eigenvalue weighted by atomic mass is 16.2. The van der Waals surface area contributed by atoms with Gasteiger partial charge in [-0.2, -0.15) is 0 Å². The standard InChI is InChI=1S/C17H21N5O3/c18-17(25)22-9-3-4-11(10-22)15(23)19-8-7-14-20-13-6-2-1-5-12(13)16(24)21-14/h1-2,5-6,11H,3-4,7-10H2,(H2,18,25)(H,19,23)(H,20,21,24)/t11-/m1/s1. The average Bonchev–Trinajstić information content (AvgIpc) is 2.62. The summed E-state index contributed by atoms with van der Waals surface area (Å²) in [7, 11) is 0. The minimum atomic E-state index is -0.490. The van der Waals surface area contributed by atoms with Gasteiger partial charge in [-0.3, -0.25) is 9.59 Å². The number of aromatic nitrogens is 2.